The predicted molar refractivity (Wildman–Crippen MR) is 130 cm³/mol. The van der Waals surface area contributed by atoms with Crippen molar-refractivity contribution in [2.24, 2.45) is 22.9 Å². The third-order valence-corrected chi connectivity index (χ3v) is 5.53. The third-order valence-electron chi connectivity index (χ3n) is 4.89. The van der Waals surface area contributed by atoms with Crippen LogP contribution < -0.4 is 38.9 Å². The molecule has 0 fully saturated rings. The largest absolute Gasteiger partial charge is 0.480 e. The maximum atomic E-state index is 12.9. The maximum Gasteiger partial charge on any atom is 0.326 e. The number of nitrogens with two attached hydrogens (primary N) is 4. The van der Waals surface area contributed by atoms with Crippen LogP contribution in [0.5, 0.6) is 0 Å². The Hall–Kier alpha value is -3.40. The second-order valence-corrected chi connectivity index (χ2v) is 8.91. The molecule has 36 heavy (non-hydrogen) atoms. The molecule has 0 aromatic carbocycles. The zero-order valence-corrected chi connectivity index (χ0v) is 20.8. The van der Waals surface area contributed by atoms with Crippen LogP contribution >= 0.6 is 11.8 Å². The number of carbonyl (C=O) groups excluding carboxylic acids is 6. The lowest BCUT2D eigenvalue weighted by molar-refractivity contribution is -0.142. The van der Waals surface area contributed by atoms with Crippen molar-refractivity contribution in [3.05, 3.63) is 0 Å². The first-order valence-corrected chi connectivity index (χ1v) is 12.4. The van der Waals surface area contributed by atoms with Gasteiger partial charge in [0.1, 0.15) is 18.1 Å². The van der Waals surface area contributed by atoms with Gasteiger partial charge in [-0.1, -0.05) is 0 Å². The molecule has 0 unspecified atom stereocenters. The van der Waals surface area contributed by atoms with E-state index in [2.05, 4.69) is 16.0 Å². The van der Waals surface area contributed by atoms with Crippen molar-refractivity contribution in [2.45, 2.75) is 69.1 Å². The van der Waals surface area contributed by atoms with E-state index in [9.17, 15) is 38.7 Å². The van der Waals surface area contributed by atoms with E-state index in [4.69, 9.17) is 22.9 Å². The van der Waals surface area contributed by atoms with E-state index in [0.29, 0.717) is 5.75 Å². The van der Waals surface area contributed by atoms with Gasteiger partial charge in [0.15, 0.2) is 0 Å². The quantitative estimate of drug-likeness (QED) is 0.0807. The van der Waals surface area contributed by atoms with Crippen LogP contribution in [0.25, 0.3) is 0 Å². The first kappa shape index (κ1) is 32.6. The molecule has 0 aliphatic heterocycles. The summed E-state index contributed by atoms with van der Waals surface area (Å²) in [7, 11) is 0. The van der Waals surface area contributed by atoms with E-state index in [0.717, 1.165) is 0 Å². The minimum Gasteiger partial charge on any atom is -0.480 e. The summed E-state index contributed by atoms with van der Waals surface area (Å²) < 4.78 is 0. The first-order valence-electron chi connectivity index (χ1n) is 11.0. The normalized spacial score (nSPS) is 13.9. The third kappa shape index (κ3) is 14.1. The van der Waals surface area contributed by atoms with Crippen LogP contribution in [0, 0.1) is 0 Å². The molecule has 204 valence electrons. The Morgan fingerprint density at radius 1 is 0.667 bits per heavy atom. The number of carbonyl (C=O) groups is 7. The van der Waals surface area contributed by atoms with Crippen LogP contribution in [0.3, 0.4) is 0 Å². The fourth-order valence-corrected chi connectivity index (χ4v) is 3.33. The molecule has 0 saturated carbocycles. The maximum absolute atomic E-state index is 12.9. The zero-order valence-electron chi connectivity index (χ0n) is 20.0. The van der Waals surface area contributed by atoms with E-state index < -0.39 is 65.6 Å². The molecule has 6 amide bonds. The summed E-state index contributed by atoms with van der Waals surface area (Å²) in [6.07, 6.45) is 0.614. The van der Waals surface area contributed by atoms with Gasteiger partial charge in [-0.3, -0.25) is 28.8 Å². The van der Waals surface area contributed by atoms with Crippen molar-refractivity contribution in [2.75, 3.05) is 12.0 Å². The number of hydrogen-bond donors (Lipinski definition) is 8. The van der Waals surface area contributed by atoms with Gasteiger partial charge in [-0.15, -0.1) is 0 Å². The Bertz CT molecular complexity index is 826. The van der Waals surface area contributed by atoms with Gasteiger partial charge in [0, 0.05) is 19.3 Å². The van der Waals surface area contributed by atoms with Crippen LogP contribution in [0.1, 0.15) is 44.9 Å². The van der Waals surface area contributed by atoms with E-state index in [-0.39, 0.29) is 44.9 Å². The minimum atomic E-state index is -1.42. The molecule has 4 atom stereocenters. The molecule has 16 heteroatoms. The number of rotatable bonds is 19. The molecule has 0 heterocycles. The summed E-state index contributed by atoms with van der Waals surface area (Å²) in [5.41, 5.74) is 20.9. The monoisotopic (exact) mass is 533 g/mol. The standard InChI is InChI=1S/C20H35N7O8S/c1-36-9-8-12(19(33)27-13(20(34)35)4-7-16(24)30)26-18(32)11(3-6-15(23)29)25-17(31)10(21)2-5-14(22)28/h10-13H,2-9,21H2,1H3,(H2,22,28)(H2,23,29)(H2,24,30)(H,25,31)(H,26,32)(H,27,33)(H,34,35)/t10-,11-,12-,13-/m0/s1. The van der Waals surface area contributed by atoms with Crippen molar-refractivity contribution < 1.29 is 38.7 Å². The number of thioether (sulfide) groups is 1. The molecule has 0 aliphatic carbocycles. The van der Waals surface area contributed by atoms with Gasteiger partial charge in [0.05, 0.1) is 6.04 Å². The van der Waals surface area contributed by atoms with Gasteiger partial charge < -0.3 is 44.0 Å². The molecule has 0 bridgehead atoms. The second kappa shape index (κ2) is 17.1. The topological polar surface area (TPSA) is 280 Å². The Morgan fingerprint density at radius 2 is 1.06 bits per heavy atom. The SMILES string of the molecule is CSCC[C@H](NC(=O)[C@H](CCC(N)=O)NC(=O)[C@@H](N)CCC(N)=O)C(=O)N[C@@H](CCC(N)=O)C(=O)O. The molecule has 0 radical (unpaired) electrons. The van der Waals surface area contributed by atoms with Gasteiger partial charge in [0.25, 0.3) is 0 Å². The summed E-state index contributed by atoms with van der Waals surface area (Å²) in [6.45, 7) is 0. The number of hydrogen-bond acceptors (Lipinski definition) is 9. The van der Waals surface area contributed by atoms with E-state index in [1.54, 1.807) is 6.26 Å². The molecule has 0 aromatic heterocycles. The first-order chi connectivity index (χ1) is 16.8. The van der Waals surface area contributed by atoms with Crippen molar-refractivity contribution in [3.8, 4) is 0 Å². The van der Waals surface area contributed by atoms with Crippen LogP contribution in [-0.4, -0.2) is 82.7 Å². The molecule has 15 nitrogen and oxygen atoms in total. The van der Waals surface area contributed by atoms with Crippen molar-refractivity contribution in [1.29, 1.82) is 0 Å². The molecule has 0 saturated heterocycles. The van der Waals surface area contributed by atoms with E-state index in [1.165, 1.54) is 11.8 Å². The number of nitrogens with one attached hydrogen (secondary N) is 3. The van der Waals surface area contributed by atoms with Gasteiger partial charge in [0.2, 0.25) is 35.4 Å². The summed E-state index contributed by atoms with van der Waals surface area (Å²) in [6, 6.07) is -5.10. The number of carboxylic acids is 1. The Labute approximate surface area is 212 Å². The summed E-state index contributed by atoms with van der Waals surface area (Å²) in [5.74, 6) is -5.59. The van der Waals surface area contributed by atoms with Gasteiger partial charge in [-0.05, 0) is 37.7 Å². The smallest absolute Gasteiger partial charge is 0.326 e. The van der Waals surface area contributed by atoms with Gasteiger partial charge >= 0.3 is 5.97 Å². The lowest BCUT2D eigenvalue weighted by atomic mass is 10.1. The molecule has 0 spiro atoms. The second-order valence-electron chi connectivity index (χ2n) is 7.92. The zero-order chi connectivity index (χ0) is 27.8. The number of primary amides is 3. The lowest BCUT2D eigenvalue weighted by Crippen LogP contribution is -2.57. The van der Waals surface area contributed by atoms with Crippen molar-refractivity contribution in [1.82, 2.24) is 16.0 Å². The fourth-order valence-electron chi connectivity index (χ4n) is 2.86. The van der Waals surface area contributed by atoms with Crippen LogP contribution in [0.15, 0.2) is 0 Å². The Balaban J connectivity index is 5.52. The molecular formula is C20H35N7O8S. The summed E-state index contributed by atoms with van der Waals surface area (Å²) >= 11 is 1.36. The van der Waals surface area contributed by atoms with Crippen LogP contribution in [0.2, 0.25) is 0 Å². The van der Waals surface area contributed by atoms with E-state index >= 15 is 0 Å². The van der Waals surface area contributed by atoms with Crippen LogP contribution in [0.4, 0.5) is 0 Å². The average Bonchev–Trinajstić information content (AvgIpc) is 2.79. The molecule has 12 N–H and O–H groups in total. The van der Waals surface area contributed by atoms with Crippen LogP contribution in [-0.2, 0) is 33.6 Å². The van der Waals surface area contributed by atoms with Crippen molar-refractivity contribution in [3.63, 3.8) is 0 Å². The molecular weight excluding hydrogens is 498 g/mol. The molecule has 0 aromatic rings. The Morgan fingerprint density at radius 3 is 1.50 bits per heavy atom. The highest BCUT2D eigenvalue weighted by Crippen LogP contribution is 2.07. The fraction of sp³-hybridized carbons (Fsp3) is 0.650. The molecule has 0 rings (SSSR count). The molecule has 0 aliphatic rings. The predicted octanol–water partition coefficient (Wildman–Crippen LogP) is -3.60. The lowest BCUT2D eigenvalue weighted by Gasteiger charge is -2.25. The Kier molecular flexibility index (Phi) is 15.5. The van der Waals surface area contributed by atoms with Crippen molar-refractivity contribution >= 4 is 53.2 Å². The number of aliphatic carboxylic acids is 1. The van der Waals surface area contributed by atoms with E-state index in [1.807, 2.05) is 0 Å². The minimum absolute atomic E-state index is 0.0774. The highest BCUT2D eigenvalue weighted by molar-refractivity contribution is 7.98. The summed E-state index contributed by atoms with van der Waals surface area (Å²) in [4.78, 5) is 82.7. The number of amides is 6. The highest BCUT2D eigenvalue weighted by atomic mass is 32.2. The highest BCUT2D eigenvalue weighted by Gasteiger charge is 2.30. The number of carboxylic acid groups (broad SMARTS) is 1. The summed E-state index contributed by atoms with van der Waals surface area (Å²) in [5, 5.41) is 16.4. The van der Waals surface area contributed by atoms with Gasteiger partial charge in [-0.25, -0.2) is 4.79 Å². The van der Waals surface area contributed by atoms with Gasteiger partial charge in [-0.2, -0.15) is 11.8 Å². The average molecular weight is 534 g/mol.